The minimum absolute atomic E-state index is 0.221. The van der Waals surface area contributed by atoms with Gasteiger partial charge >= 0.3 is 0 Å². The Kier molecular flexibility index (Phi) is 6.48. The third-order valence-corrected chi connectivity index (χ3v) is 6.77. The fourth-order valence-corrected chi connectivity index (χ4v) is 4.35. The molecule has 0 aliphatic rings. The summed E-state index contributed by atoms with van der Waals surface area (Å²) in [6.45, 7) is 5.25. The lowest BCUT2D eigenvalue weighted by molar-refractivity contribution is 0.595. The molecule has 0 aromatic heterocycles. The molecule has 0 bridgehead atoms. The standard InChI is InChI=1S/C18H23FN2O4S2/c1-4-13-8-7-9-14(5-2)18(13)21-27(24,25)15-10-11-17(16(19)12-15)20-26(22,23)6-3/h7-12,20-21H,4-6H2,1-3H3. The Bertz CT molecular complexity index is 1010. The molecule has 0 saturated carbocycles. The number of para-hydroxylation sites is 1. The summed E-state index contributed by atoms with van der Waals surface area (Å²) in [4.78, 5) is -0.285. The van der Waals surface area contributed by atoms with Crippen molar-refractivity contribution in [1.29, 1.82) is 0 Å². The molecule has 0 spiro atoms. The lowest BCUT2D eigenvalue weighted by atomic mass is 10.0. The highest BCUT2D eigenvalue weighted by atomic mass is 32.2. The van der Waals surface area contributed by atoms with E-state index in [1.807, 2.05) is 32.0 Å². The van der Waals surface area contributed by atoms with Crippen molar-refractivity contribution in [1.82, 2.24) is 0 Å². The highest BCUT2D eigenvalue weighted by Crippen LogP contribution is 2.27. The Hall–Kier alpha value is -2.13. The predicted molar refractivity (Wildman–Crippen MR) is 105 cm³/mol. The number of hydrogen-bond acceptors (Lipinski definition) is 4. The number of aryl methyl sites for hydroxylation is 2. The molecule has 27 heavy (non-hydrogen) atoms. The van der Waals surface area contributed by atoms with Crippen LogP contribution in [-0.2, 0) is 32.9 Å². The molecule has 0 heterocycles. The third-order valence-electron chi connectivity index (χ3n) is 4.13. The summed E-state index contributed by atoms with van der Waals surface area (Å²) in [6.07, 6.45) is 1.27. The van der Waals surface area contributed by atoms with Gasteiger partial charge in [0.25, 0.3) is 10.0 Å². The first-order valence-corrected chi connectivity index (χ1v) is 11.7. The Morgan fingerprint density at radius 3 is 1.96 bits per heavy atom. The monoisotopic (exact) mass is 414 g/mol. The van der Waals surface area contributed by atoms with Gasteiger partial charge < -0.3 is 0 Å². The summed E-state index contributed by atoms with van der Waals surface area (Å²) in [5, 5.41) is 0. The second-order valence-electron chi connectivity index (χ2n) is 5.91. The van der Waals surface area contributed by atoms with Gasteiger partial charge in [-0.1, -0.05) is 32.0 Å². The van der Waals surface area contributed by atoms with E-state index in [0.717, 1.165) is 23.3 Å². The van der Waals surface area contributed by atoms with Crippen LogP contribution in [0, 0.1) is 5.82 Å². The second kappa shape index (κ2) is 8.26. The molecule has 2 rings (SSSR count). The first-order chi connectivity index (χ1) is 12.6. The van der Waals surface area contributed by atoms with Crippen molar-refractivity contribution in [3.05, 3.63) is 53.3 Å². The van der Waals surface area contributed by atoms with Crippen molar-refractivity contribution in [3.8, 4) is 0 Å². The fraction of sp³-hybridized carbons (Fsp3) is 0.333. The zero-order chi connectivity index (χ0) is 20.2. The van der Waals surface area contributed by atoms with Gasteiger partial charge in [-0.2, -0.15) is 0 Å². The van der Waals surface area contributed by atoms with Crippen LogP contribution in [0.2, 0.25) is 0 Å². The number of anilines is 2. The van der Waals surface area contributed by atoms with Crippen molar-refractivity contribution in [2.24, 2.45) is 0 Å². The molecule has 2 N–H and O–H groups in total. The molecule has 0 radical (unpaired) electrons. The normalized spacial score (nSPS) is 12.0. The van der Waals surface area contributed by atoms with E-state index < -0.39 is 25.9 Å². The van der Waals surface area contributed by atoms with E-state index in [2.05, 4.69) is 9.44 Å². The van der Waals surface area contributed by atoms with E-state index in [9.17, 15) is 21.2 Å². The van der Waals surface area contributed by atoms with Gasteiger partial charge in [-0.05, 0) is 49.1 Å². The summed E-state index contributed by atoms with van der Waals surface area (Å²) in [5.74, 6) is -1.18. The minimum atomic E-state index is -4.03. The molecular weight excluding hydrogens is 391 g/mol. The van der Waals surface area contributed by atoms with E-state index in [4.69, 9.17) is 0 Å². The van der Waals surface area contributed by atoms with Gasteiger partial charge in [-0.15, -0.1) is 0 Å². The molecule has 6 nitrogen and oxygen atoms in total. The topological polar surface area (TPSA) is 92.3 Å². The number of sulfonamides is 2. The molecule has 0 unspecified atom stereocenters. The van der Waals surface area contributed by atoms with Gasteiger partial charge in [0.1, 0.15) is 5.82 Å². The molecule has 0 aliphatic heterocycles. The van der Waals surface area contributed by atoms with Gasteiger partial charge in [0.05, 0.1) is 22.0 Å². The second-order valence-corrected chi connectivity index (χ2v) is 9.60. The summed E-state index contributed by atoms with van der Waals surface area (Å²) < 4.78 is 67.5. The highest BCUT2D eigenvalue weighted by molar-refractivity contribution is 7.93. The van der Waals surface area contributed by atoms with E-state index in [0.29, 0.717) is 18.5 Å². The van der Waals surface area contributed by atoms with E-state index in [1.165, 1.54) is 13.0 Å². The summed E-state index contributed by atoms with van der Waals surface area (Å²) in [6, 6.07) is 8.60. The predicted octanol–water partition coefficient (Wildman–Crippen LogP) is 3.51. The maximum Gasteiger partial charge on any atom is 0.262 e. The Labute approximate surface area is 159 Å². The largest absolute Gasteiger partial charge is 0.281 e. The molecule has 0 saturated heterocycles. The molecule has 148 valence electrons. The first kappa shape index (κ1) is 21.2. The van der Waals surface area contributed by atoms with Crippen molar-refractivity contribution >= 4 is 31.4 Å². The number of nitrogens with one attached hydrogen (secondary N) is 2. The van der Waals surface area contributed by atoms with Gasteiger partial charge in [0, 0.05) is 0 Å². The Morgan fingerprint density at radius 1 is 0.889 bits per heavy atom. The van der Waals surface area contributed by atoms with E-state index >= 15 is 0 Å². The smallest absolute Gasteiger partial charge is 0.262 e. The molecule has 2 aromatic rings. The van der Waals surface area contributed by atoms with Gasteiger partial charge in [-0.25, -0.2) is 21.2 Å². The van der Waals surface area contributed by atoms with Crippen LogP contribution in [0.3, 0.4) is 0 Å². The van der Waals surface area contributed by atoms with Crippen LogP contribution in [0.15, 0.2) is 41.3 Å². The van der Waals surface area contributed by atoms with Gasteiger partial charge in [0.2, 0.25) is 10.0 Å². The molecular formula is C18H23FN2O4S2. The first-order valence-electron chi connectivity index (χ1n) is 8.57. The zero-order valence-electron chi connectivity index (χ0n) is 15.4. The Balaban J connectivity index is 2.40. The lowest BCUT2D eigenvalue weighted by Crippen LogP contribution is -2.18. The van der Waals surface area contributed by atoms with Crippen LogP contribution in [-0.4, -0.2) is 22.6 Å². The number of rotatable bonds is 8. The van der Waals surface area contributed by atoms with Crippen molar-refractivity contribution in [3.63, 3.8) is 0 Å². The molecule has 0 aliphatic carbocycles. The van der Waals surface area contributed by atoms with E-state index in [-0.39, 0.29) is 16.3 Å². The zero-order valence-corrected chi connectivity index (χ0v) is 17.0. The van der Waals surface area contributed by atoms with Crippen molar-refractivity contribution in [2.45, 2.75) is 38.5 Å². The van der Waals surface area contributed by atoms with Crippen molar-refractivity contribution in [2.75, 3.05) is 15.2 Å². The summed E-state index contributed by atoms with van der Waals surface area (Å²) in [7, 11) is -7.70. The SMILES string of the molecule is CCc1cccc(CC)c1NS(=O)(=O)c1ccc(NS(=O)(=O)CC)c(F)c1. The van der Waals surface area contributed by atoms with Crippen LogP contribution < -0.4 is 9.44 Å². The summed E-state index contributed by atoms with van der Waals surface area (Å²) in [5.41, 5.74) is 1.88. The molecule has 2 aromatic carbocycles. The Morgan fingerprint density at radius 2 is 1.48 bits per heavy atom. The summed E-state index contributed by atoms with van der Waals surface area (Å²) >= 11 is 0. The van der Waals surface area contributed by atoms with Crippen LogP contribution in [0.4, 0.5) is 15.8 Å². The van der Waals surface area contributed by atoms with Crippen LogP contribution in [0.5, 0.6) is 0 Å². The number of halogens is 1. The molecule has 0 fully saturated rings. The molecule has 0 amide bonds. The maximum absolute atomic E-state index is 14.3. The van der Waals surface area contributed by atoms with Gasteiger partial charge in [0.15, 0.2) is 0 Å². The number of benzene rings is 2. The average Bonchev–Trinajstić information content (AvgIpc) is 2.63. The lowest BCUT2D eigenvalue weighted by Gasteiger charge is -2.16. The quantitative estimate of drug-likeness (QED) is 0.691. The third kappa shape index (κ3) is 4.98. The maximum atomic E-state index is 14.3. The molecule has 0 atom stereocenters. The fourth-order valence-electron chi connectivity index (χ4n) is 2.55. The molecule has 9 heteroatoms. The highest BCUT2D eigenvalue weighted by Gasteiger charge is 2.20. The van der Waals surface area contributed by atoms with Crippen LogP contribution in [0.1, 0.15) is 31.9 Å². The average molecular weight is 415 g/mol. The van der Waals surface area contributed by atoms with Crippen molar-refractivity contribution < 1.29 is 21.2 Å². The minimum Gasteiger partial charge on any atom is -0.281 e. The number of hydrogen-bond donors (Lipinski definition) is 2. The van der Waals surface area contributed by atoms with Crippen LogP contribution in [0.25, 0.3) is 0 Å². The van der Waals surface area contributed by atoms with E-state index in [1.54, 1.807) is 0 Å². The van der Waals surface area contributed by atoms with Crippen LogP contribution >= 0.6 is 0 Å². The van der Waals surface area contributed by atoms with Gasteiger partial charge in [-0.3, -0.25) is 9.44 Å².